The molecule has 1 amide bonds. The summed E-state index contributed by atoms with van der Waals surface area (Å²) in [5.41, 5.74) is 3.77. The summed E-state index contributed by atoms with van der Waals surface area (Å²) in [7, 11) is 0. The van der Waals surface area contributed by atoms with Gasteiger partial charge in [0.05, 0.1) is 11.8 Å². The maximum atomic E-state index is 13.2. The zero-order valence-electron chi connectivity index (χ0n) is 16.6. The lowest BCUT2D eigenvalue weighted by Gasteiger charge is -2.07. The summed E-state index contributed by atoms with van der Waals surface area (Å²) >= 11 is 0. The van der Waals surface area contributed by atoms with E-state index in [2.05, 4.69) is 10.5 Å². The van der Waals surface area contributed by atoms with Gasteiger partial charge in [-0.2, -0.15) is 18.3 Å². The normalized spacial score (nSPS) is 11.9. The first-order valence-corrected chi connectivity index (χ1v) is 9.64. The quantitative estimate of drug-likeness (QED) is 0.245. The Morgan fingerprint density at radius 1 is 1.00 bits per heavy atom. The lowest BCUT2D eigenvalue weighted by atomic mass is 10.1. The highest BCUT2D eigenvalue weighted by Gasteiger charge is 2.30. The van der Waals surface area contributed by atoms with Crippen LogP contribution in [0.15, 0.2) is 84.1 Å². The number of benzene rings is 3. The second kappa shape index (κ2) is 8.66. The number of nitrogens with one attached hydrogen (secondary N) is 1. The first-order chi connectivity index (χ1) is 15.3. The number of alkyl halides is 3. The predicted octanol–water partition coefficient (Wildman–Crippen LogP) is 5.61. The summed E-state index contributed by atoms with van der Waals surface area (Å²) in [6.07, 6.45) is -1.26. The molecule has 0 atom stereocenters. The molecule has 0 aliphatic heterocycles. The maximum absolute atomic E-state index is 13.2. The molecule has 0 saturated carbocycles. The molecule has 4 aromatic rings. The minimum Gasteiger partial charge on any atom is -0.342 e. The number of fused-ring (bicyclic) bond motifs is 1. The first-order valence-electron chi connectivity index (χ1n) is 9.64. The van der Waals surface area contributed by atoms with Crippen molar-refractivity contribution in [3.05, 3.63) is 107 Å². The van der Waals surface area contributed by atoms with Crippen molar-refractivity contribution in [2.45, 2.75) is 12.7 Å². The van der Waals surface area contributed by atoms with Crippen LogP contribution < -0.4 is 5.43 Å². The van der Waals surface area contributed by atoms with E-state index in [0.717, 1.165) is 28.6 Å². The van der Waals surface area contributed by atoms with Gasteiger partial charge in [0, 0.05) is 34.8 Å². The topological polar surface area (TPSA) is 46.4 Å². The monoisotopic (exact) mass is 439 g/mol. The average molecular weight is 439 g/mol. The van der Waals surface area contributed by atoms with E-state index in [4.69, 9.17) is 0 Å². The third kappa shape index (κ3) is 4.69. The highest BCUT2D eigenvalue weighted by atomic mass is 19.4. The Morgan fingerprint density at radius 2 is 1.75 bits per heavy atom. The van der Waals surface area contributed by atoms with Crippen LogP contribution in [-0.4, -0.2) is 16.7 Å². The lowest BCUT2D eigenvalue weighted by molar-refractivity contribution is -0.137. The van der Waals surface area contributed by atoms with Gasteiger partial charge in [-0.25, -0.2) is 9.82 Å². The molecule has 4 rings (SSSR count). The Morgan fingerprint density at radius 3 is 2.50 bits per heavy atom. The van der Waals surface area contributed by atoms with Crippen LogP contribution in [0.25, 0.3) is 10.9 Å². The number of rotatable bonds is 5. The van der Waals surface area contributed by atoms with E-state index in [1.165, 1.54) is 30.5 Å². The van der Waals surface area contributed by atoms with Gasteiger partial charge in [-0.05, 0) is 42.0 Å². The van der Waals surface area contributed by atoms with Gasteiger partial charge in [-0.15, -0.1) is 0 Å². The van der Waals surface area contributed by atoms with Crippen molar-refractivity contribution in [3.63, 3.8) is 0 Å². The van der Waals surface area contributed by atoms with Crippen LogP contribution in [0.5, 0.6) is 0 Å². The van der Waals surface area contributed by atoms with Crippen LogP contribution in [0.1, 0.15) is 27.0 Å². The van der Waals surface area contributed by atoms with E-state index >= 15 is 0 Å². The molecular formula is C24H17F4N3O. The molecule has 3 aromatic carbocycles. The van der Waals surface area contributed by atoms with E-state index in [0.29, 0.717) is 12.1 Å². The molecule has 162 valence electrons. The molecule has 0 bridgehead atoms. The Hall–Kier alpha value is -3.94. The first kappa shape index (κ1) is 21.3. The van der Waals surface area contributed by atoms with Gasteiger partial charge in [0.15, 0.2) is 0 Å². The second-order valence-electron chi connectivity index (χ2n) is 7.13. The van der Waals surface area contributed by atoms with Crippen LogP contribution in [0, 0.1) is 5.82 Å². The zero-order valence-corrected chi connectivity index (χ0v) is 16.6. The van der Waals surface area contributed by atoms with Crippen molar-refractivity contribution in [1.82, 2.24) is 9.99 Å². The molecule has 0 saturated heterocycles. The zero-order chi connectivity index (χ0) is 22.7. The number of hydrogen-bond acceptors (Lipinski definition) is 2. The standard InChI is InChI=1S/C24H17F4N3O/c25-20-10-8-16(9-11-20)14-31-15-18(21-6-1-2-7-22(21)31)13-29-30-23(32)17-4-3-5-19(12-17)24(26,27)28/h1-13,15H,14H2,(H,30,32)/b29-13-. The third-order valence-electron chi connectivity index (χ3n) is 4.91. The van der Waals surface area contributed by atoms with Crippen molar-refractivity contribution in [1.29, 1.82) is 0 Å². The molecular weight excluding hydrogens is 422 g/mol. The third-order valence-corrected chi connectivity index (χ3v) is 4.91. The van der Waals surface area contributed by atoms with Crippen molar-refractivity contribution < 1.29 is 22.4 Å². The van der Waals surface area contributed by atoms with Crippen molar-refractivity contribution in [3.8, 4) is 0 Å². The number of aromatic nitrogens is 1. The van der Waals surface area contributed by atoms with Crippen LogP contribution >= 0.6 is 0 Å². The Balaban J connectivity index is 1.54. The Kier molecular flexibility index (Phi) is 5.77. The largest absolute Gasteiger partial charge is 0.416 e. The van der Waals surface area contributed by atoms with Gasteiger partial charge < -0.3 is 4.57 Å². The van der Waals surface area contributed by atoms with Crippen LogP contribution in [0.2, 0.25) is 0 Å². The van der Waals surface area contributed by atoms with Crippen LogP contribution in [-0.2, 0) is 12.7 Å². The highest BCUT2D eigenvalue weighted by Crippen LogP contribution is 2.29. The fourth-order valence-electron chi connectivity index (χ4n) is 3.36. The molecule has 0 aliphatic carbocycles. The minimum absolute atomic E-state index is 0.143. The van der Waals surface area contributed by atoms with Gasteiger partial charge >= 0.3 is 6.18 Å². The number of carbonyl (C=O) groups is 1. The van der Waals surface area contributed by atoms with Gasteiger partial charge in [-0.1, -0.05) is 36.4 Å². The predicted molar refractivity (Wildman–Crippen MR) is 114 cm³/mol. The molecule has 0 aliphatic rings. The number of hydrazone groups is 1. The van der Waals surface area contributed by atoms with E-state index in [9.17, 15) is 22.4 Å². The van der Waals surface area contributed by atoms with E-state index in [-0.39, 0.29) is 11.4 Å². The van der Waals surface area contributed by atoms with Gasteiger partial charge in [0.1, 0.15) is 5.82 Å². The summed E-state index contributed by atoms with van der Waals surface area (Å²) in [5, 5.41) is 4.80. The smallest absolute Gasteiger partial charge is 0.342 e. The minimum atomic E-state index is -4.54. The van der Waals surface area contributed by atoms with Crippen LogP contribution in [0.4, 0.5) is 17.6 Å². The molecule has 8 heteroatoms. The fraction of sp³-hybridized carbons (Fsp3) is 0.0833. The molecule has 0 radical (unpaired) electrons. The molecule has 32 heavy (non-hydrogen) atoms. The second-order valence-corrected chi connectivity index (χ2v) is 7.13. The number of hydrogen-bond donors (Lipinski definition) is 1. The fourth-order valence-corrected chi connectivity index (χ4v) is 3.36. The van der Waals surface area contributed by atoms with Crippen LogP contribution in [0.3, 0.4) is 0 Å². The van der Waals surface area contributed by atoms with E-state index < -0.39 is 17.6 Å². The highest BCUT2D eigenvalue weighted by molar-refractivity contribution is 6.00. The van der Waals surface area contributed by atoms with Crippen molar-refractivity contribution in [2.75, 3.05) is 0 Å². The number of carbonyl (C=O) groups excluding carboxylic acids is 1. The molecule has 4 nitrogen and oxygen atoms in total. The van der Waals surface area contributed by atoms with Crippen molar-refractivity contribution >= 4 is 23.0 Å². The molecule has 1 N–H and O–H groups in total. The van der Waals surface area contributed by atoms with E-state index in [1.807, 2.05) is 35.0 Å². The number of amides is 1. The molecule has 0 fully saturated rings. The average Bonchev–Trinajstić information content (AvgIpc) is 3.12. The maximum Gasteiger partial charge on any atom is 0.416 e. The molecule has 0 spiro atoms. The van der Waals surface area contributed by atoms with E-state index in [1.54, 1.807) is 12.1 Å². The Labute approximate surface area is 180 Å². The summed E-state index contributed by atoms with van der Waals surface area (Å²) in [5.74, 6) is -1.06. The number of nitrogens with zero attached hydrogens (tertiary/aromatic N) is 2. The summed E-state index contributed by atoms with van der Waals surface area (Å²) in [6.45, 7) is 0.505. The molecule has 0 unspecified atom stereocenters. The number of halogens is 4. The summed E-state index contributed by atoms with van der Waals surface area (Å²) < 4.78 is 53.7. The van der Waals surface area contributed by atoms with Crippen molar-refractivity contribution in [2.24, 2.45) is 5.10 Å². The number of para-hydroxylation sites is 1. The van der Waals surface area contributed by atoms with Gasteiger partial charge in [-0.3, -0.25) is 4.79 Å². The molecule has 1 aromatic heterocycles. The SMILES string of the molecule is O=C(N/N=C\c1cn(Cc2ccc(F)cc2)c2ccccc12)c1cccc(C(F)(F)F)c1. The van der Waals surface area contributed by atoms with Gasteiger partial charge in [0.2, 0.25) is 0 Å². The Bertz CT molecular complexity index is 1290. The van der Waals surface area contributed by atoms with Gasteiger partial charge in [0.25, 0.3) is 5.91 Å². The lowest BCUT2D eigenvalue weighted by Crippen LogP contribution is -2.18. The summed E-state index contributed by atoms with van der Waals surface area (Å²) in [6, 6.07) is 17.9. The molecule has 1 heterocycles. The summed E-state index contributed by atoms with van der Waals surface area (Å²) in [4.78, 5) is 12.2.